The highest BCUT2D eigenvalue weighted by atomic mass is 19.4. The summed E-state index contributed by atoms with van der Waals surface area (Å²) in [6, 6.07) is 6.76. The number of likely N-dealkylation sites (tertiary alicyclic amines) is 2. The summed E-state index contributed by atoms with van der Waals surface area (Å²) in [5.41, 5.74) is 4.92. The third-order valence-electron chi connectivity index (χ3n) is 15.2. The van der Waals surface area contributed by atoms with Crippen LogP contribution in [-0.4, -0.2) is 126 Å². The summed E-state index contributed by atoms with van der Waals surface area (Å²) in [4.78, 5) is 70.0. The zero-order chi connectivity index (χ0) is 46.7. The molecular formula is C48H58F3N7O8. The monoisotopic (exact) mass is 917 g/mol. The molecule has 6 heterocycles. The van der Waals surface area contributed by atoms with Crippen LogP contribution in [0.2, 0.25) is 0 Å². The first kappa shape index (κ1) is 45.5. The molecule has 1 aliphatic carbocycles. The van der Waals surface area contributed by atoms with Crippen LogP contribution in [0.15, 0.2) is 41.3 Å². The van der Waals surface area contributed by atoms with Gasteiger partial charge in [-0.1, -0.05) is 6.07 Å². The smallest absolute Gasteiger partial charge is 0.404 e. The number of methoxy groups -OCH3 is 2. The third-order valence-corrected chi connectivity index (χ3v) is 15.2. The first-order chi connectivity index (χ1) is 31.6. The van der Waals surface area contributed by atoms with Crippen LogP contribution in [0.1, 0.15) is 84.0 Å². The van der Waals surface area contributed by atoms with Gasteiger partial charge in [0.05, 0.1) is 32.4 Å². The SMILES string of the molecule is CNC(=O)N1CCc2c(-c3cc(OC)c(CN4CCC(C(N5CCC6(CC5)CC(Oc5ccc7c(c5)C(=O)N(C5CCC(=O)NC5=O)C7)C6)C(F)(F)F)CC4)c(OC)c3)cn(C)c(=O)c2C1. The number of fused-ring (bicyclic) bond motifs is 2. The van der Waals surface area contributed by atoms with Crippen molar-refractivity contribution < 1.29 is 46.6 Å². The Hall–Kier alpha value is -5.62. The Labute approximate surface area is 381 Å². The Kier molecular flexibility index (Phi) is 12.3. The molecule has 2 unspecified atom stereocenters. The number of carbonyl (C=O) groups is 4. The van der Waals surface area contributed by atoms with Gasteiger partial charge in [-0.2, -0.15) is 13.2 Å². The van der Waals surface area contributed by atoms with Crippen molar-refractivity contribution in [1.82, 2.24) is 34.8 Å². The summed E-state index contributed by atoms with van der Waals surface area (Å²) in [7, 11) is 6.42. The number of ether oxygens (including phenoxy) is 3. The first-order valence-corrected chi connectivity index (χ1v) is 23.0. The number of urea groups is 1. The number of aryl methyl sites for hydroxylation is 1. The van der Waals surface area contributed by atoms with Crippen LogP contribution in [-0.2, 0) is 42.7 Å². The summed E-state index contributed by atoms with van der Waals surface area (Å²) >= 11 is 0. The van der Waals surface area contributed by atoms with Crippen LogP contribution in [0.25, 0.3) is 11.1 Å². The topological polar surface area (TPSA) is 155 Å². The van der Waals surface area contributed by atoms with E-state index >= 15 is 13.2 Å². The molecule has 1 aromatic heterocycles. The van der Waals surface area contributed by atoms with Crippen LogP contribution in [0.3, 0.4) is 0 Å². The molecule has 18 heteroatoms. The average molecular weight is 918 g/mol. The standard InChI is InChI=1S/C48H58F3N7O8/c1-52-46(63)57-16-11-33-35(25-54(2)44(61)36(33)27-57)30-19-39(64-3)37(40(20-30)65-4)26-55-14-9-28(10-15-55)42(48(49,50)51)56-17-12-47(13-18-56)22-32(23-47)66-31-6-5-29-24-58(45(62)34(29)21-31)38-7-8-41(59)53-43(38)60/h5-6,19-21,25,28,32,38,42H,7-18,22-24,26-27H2,1-4H3,(H,52,63)(H,53,59,60). The number of piperidine rings is 3. The minimum atomic E-state index is -4.37. The molecule has 3 saturated heterocycles. The number of amides is 5. The first-order valence-electron chi connectivity index (χ1n) is 23.0. The van der Waals surface area contributed by atoms with Gasteiger partial charge >= 0.3 is 12.2 Å². The molecule has 66 heavy (non-hydrogen) atoms. The average Bonchev–Trinajstić information content (AvgIpc) is 3.61. The van der Waals surface area contributed by atoms with Gasteiger partial charge in [-0.15, -0.1) is 0 Å². The molecule has 5 amide bonds. The van der Waals surface area contributed by atoms with Crippen molar-refractivity contribution in [3.05, 3.63) is 74.7 Å². The van der Waals surface area contributed by atoms with Crippen molar-refractivity contribution in [2.45, 2.75) is 102 Å². The second kappa shape index (κ2) is 17.9. The van der Waals surface area contributed by atoms with Gasteiger partial charge in [0.2, 0.25) is 11.8 Å². The lowest BCUT2D eigenvalue weighted by molar-refractivity contribution is -0.210. The van der Waals surface area contributed by atoms with Crippen LogP contribution in [0.5, 0.6) is 17.2 Å². The van der Waals surface area contributed by atoms with Crippen molar-refractivity contribution >= 4 is 23.8 Å². The van der Waals surface area contributed by atoms with E-state index in [2.05, 4.69) is 15.5 Å². The fraction of sp³-hybridized carbons (Fsp3) is 0.562. The van der Waals surface area contributed by atoms with E-state index in [4.69, 9.17) is 14.2 Å². The molecular weight excluding hydrogens is 860 g/mol. The van der Waals surface area contributed by atoms with Crippen LogP contribution >= 0.6 is 0 Å². The van der Waals surface area contributed by atoms with Crippen LogP contribution in [0, 0.1) is 11.3 Å². The fourth-order valence-corrected chi connectivity index (χ4v) is 11.6. The van der Waals surface area contributed by atoms with Crippen molar-refractivity contribution in [2.75, 3.05) is 54.0 Å². The lowest BCUT2D eigenvalue weighted by Crippen LogP contribution is -2.58. The highest BCUT2D eigenvalue weighted by molar-refractivity contribution is 6.05. The van der Waals surface area contributed by atoms with E-state index in [0.717, 1.165) is 40.7 Å². The predicted octanol–water partition coefficient (Wildman–Crippen LogP) is 4.99. The number of alkyl halides is 3. The summed E-state index contributed by atoms with van der Waals surface area (Å²) in [6.07, 6.45) is 1.90. The molecule has 5 aliphatic heterocycles. The molecule has 15 nitrogen and oxygen atoms in total. The van der Waals surface area contributed by atoms with E-state index in [-0.39, 0.29) is 60.9 Å². The summed E-state index contributed by atoms with van der Waals surface area (Å²) in [5, 5.41) is 4.96. The Bertz CT molecular complexity index is 2440. The summed E-state index contributed by atoms with van der Waals surface area (Å²) in [5.74, 6) is 0.112. The fourth-order valence-electron chi connectivity index (χ4n) is 11.6. The summed E-state index contributed by atoms with van der Waals surface area (Å²) in [6.45, 7) is 3.08. The number of hydrogen-bond donors (Lipinski definition) is 2. The molecule has 354 valence electrons. The maximum absolute atomic E-state index is 15.0. The molecule has 2 N–H and O–H groups in total. The van der Waals surface area contributed by atoms with E-state index in [1.165, 1.54) is 9.47 Å². The number of benzene rings is 2. The van der Waals surface area contributed by atoms with E-state index in [0.29, 0.717) is 99.7 Å². The lowest BCUT2D eigenvalue weighted by Gasteiger charge is -2.53. The second-order valence-corrected chi connectivity index (χ2v) is 19.0. The lowest BCUT2D eigenvalue weighted by atomic mass is 9.61. The van der Waals surface area contributed by atoms with Gasteiger partial charge in [-0.25, -0.2) is 4.79 Å². The van der Waals surface area contributed by atoms with Gasteiger partial charge in [0.1, 0.15) is 29.3 Å². The highest BCUT2D eigenvalue weighted by Gasteiger charge is 2.53. The van der Waals surface area contributed by atoms with E-state index in [1.54, 1.807) is 50.4 Å². The normalized spacial score (nSPS) is 22.1. The molecule has 2 atom stereocenters. The number of hydrogen-bond acceptors (Lipinski definition) is 10. The van der Waals surface area contributed by atoms with Gasteiger partial charge in [0.25, 0.3) is 11.5 Å². The molecule has 6 aliphatic rings. The Morgan fingerprint density at radius 1 is 0.894 bits per heavy atom. The van der Waals surface area contributed by atoms with Gasteiger partial charge in [-0.05, 0) is 130 Å². The van der Waals surface area contributed by atoms with Crippen molar-refractivity contribution in [2.24, 2.45) is 18.4 Å². The number of nitrogens with zero attached hydrogens (tertiary/aromatic N) is 5. The Morgan fingerprint density at radius 2 is 1.59 bits per heavy atom. The molecule has 0 radical (unpaired) electrons. The molecule has 1 spiro atoms. The molecule has 4 fully saturated rings. The van der Waals surface area contributed by atoms with Crippen molar-refractivity contribution in [3.8, 4) is 28.4 Å². The maximum Gasteiger partial charge on any atom is 0.404 e. The number of aromatic nitrogens is 1. The quantitative estimate of drug-likeness (QED) is 0.266. The number of halogens is 3. The predicted molar refractivity (Wildman–Crippen MR) is 236 cm³/mol. The molecule has 2 aromatic carbocycles. The van der Waals surface area contributed by atoms with Crippen molar-refractivity contribution in [3.63, 3.8) is 0 Å². The highest BCUT2D eigenvalue weighted by Crippen LogP contribution is 2.52. The number of imide groups is 1. The van der Waals surface area contributed by atoms with Crippen molar-refractivity contribution in [1.29, 1.82) is 0 Å². The summed E-state index contributed by atoms with van der Waals surface area (Å²) < 4.78 is 64.7. The Balaban J connectivity index is 0.800. The van der Waals surface area contributed by atoms with Crippen LogP contribution < -0.4 is 30.4 Å². The number of nitrogens with one attached hydrogen (secondary N) is 2. The van der Waals surface area contributed by atoms with E-state index < -0.39 is 30.1 Å². The molecule has 3 aromatic rings. The molecule has 9 rings (SSSR count). The zero-order valence-electron chi connectivity index (χ0n) is 37.9. The third kappa shape index (κ3) is 8.61. The zero-order valence-corrected chi connectivity index (χ0v) is 37.9. The van der Waals surface area contributed by atoms with Gasteiger partial charge in [-0.3, -0.25) is 34.3 Å². The van der Waals surface area contributed by atoms with Crippen LogP contribution in [0.4, 0.5) is 18.0 Å². The maximum atomic E-state index is 15.0. The van der Waals surface area contributed by atoms with Gasteiger partial charge < -0.3 is 33.9 Å². The molecule has 1 saturated carbocycles. The second-order valence-electron chi connectivity index (χ2n) is 19.0. The number of carbonyl (C=O) groups excluding carboxylic acids is 4. The minimum absolute atomic E-state index is 0.0754. The van der Waals surface area contributed by atoms with E-state index in [1.807, 2.05) is 24.3 Å². The largest absolute Gasteiger partial charge is 0.496 e. The Morgan fingerprint density at radius 3 is 2.23 bits per heavy atom. The number of pyridine rings is 1. The van der Waals surface area contributed by atoms with Gasteiger partial charge in [0, 0.05) is 63.0 Å². The minimum Gasteiger partial charge on any atom is -0.496 e. The van der Waals surface area contributed by atoms with Gasteiger partial charge in [0.15, 0.2) is 0 Å². The van der Waals surface area contributed by atoms with E-state index in [9.17, 15) is 24.0 Å². The number of rotatable bonds is 10. The molecule has 0 bridgehead atoms.